The van der Waals surface area contributed by atoms with Gasteiger partial charge < -0.3 is 4.90 Å². The van der Waals surface area contributed by atoms with Gasteiger partial charge in [-0.25, -0.2) is 0 Å². The van der Waals surface area contributed by atoms with Crippen molar-refractivity contribution in [3.05, 3.63) is 35.9 Å². The van der Waals surface area contributed by atoms with Gasteiger partial charge in [0, 0.05) is 13.1 Å². The molecule has 1 aliphatic heterocycles. The Morgan fingerprint density at radius 3 is 2.32 bits per heavy atom. The number of rotatable bonds is 4. The Morgan fingerprint density at radius 1 is 1.11 bits per heavy atom. The third-order valence-electron chi connectivity index (χ3n) is 4.00. The molecule has 2 rings (SSSR count). The molecular weight excluding hydrogens is 234 g/mol. The summed E-state index contributed by atoms with van der Waals surface area (Å²) in [6.07, 6.45) is 6.89. The minimum absolute atomic E-state index is 0.0595. The summed E-state index contributed by atoms with van der Waals surface area (Å²) >= 11 is 0. The van der Waals surface area contributed by atoms with E-state index in [4.69, 9.17) is 0 Å². The molecule has 1 atom stereocenters. The monoisotopic (exact) mass is 259 g/mol. The maximum absolute atomic E-state index is 12.8. The second-order valence-electron chi connectivity index (χ2n) is 5.49. The Balaban J connectivity index is 2.11. The summed E-state index contributed by atoms with van der Waals surface area (Å²) in [7, 11) is 0. The quantitative estimate of drug-likeness (QED) is 0.801. The average molecular weight is 259 g/mol. The van der Waals surface area contributed by atoms with E-state index in [9.17, 15) is 4.79 Å². The highest BCUT2D eigenvalue weighted by atomic mass is 16.2. The molecule has 0 spiro atoms. The van der Waals surface area contributed by atoms with Gasteiger partial charge in [0.1, 0.15) is 0 Å². The summed E-state index contributed by atoms with van der Waals surface area (Å²) in [6.45, 7) is 4.06. The first-order valence-corrected chi connectivity index (χ1v) is 7.66. The van der Waals surface area contributed by atoms with E-state index in [2.05, 4.69) is 24.0 Å². The molecule has 1 aliphatic rings. The van der Waals surface area contributed by atoms with Gasteiger partial charge in [-0.1, -0.05) is 56.5 Å². The summed E-state index contributed by atoms with van der Waals surface area (Å²) in [5, 5.41) is 0. The van der Waals surface area contributed by atoms with Gasteiger partial charge in [0.25, 0.3) is 0 Å². The molecule has 1 aromatic carbocycles. The number of carbonyl (C=O) groups excluding carboxylic acids is 1. The first kappa shape index (κ1) is 14.1. The first-order valence-electron chi connectivity index (χ1n) is 7.66. The first-order chi connectivity index (χ1) is 9.33. The van der Waals surface area contributed by atoms with Gasteiger partial charge in [0.15, 0.2) is 0 Å². The maximum Gasteiger partial charge on any atom is 0.230 e. The number of likely N-dealkylation sites (tertiary alicyclic amines) is 1. The number of carbonyl (C=O) groups is 1. The van der Waals surface area contributed by atoms with Crippen LogP contribution in [0.5, 0.6) is 0 Å². The van der Waals surface area contributed by atoms with Crippen LogP contribution >= 0.6 is 0 Å². The molecule has 0 aromatic heterocycles. The molecule has 0 saturated carbocycles. The molecule has 0 aliphatic carbocycles. The van der Waals surface area contributed by atoms with E-state index in [1.54, 1.807) is 0 Å². The topological polar surface area (TPSA) is 20.3 Å². The fourth-order valence-corrected chi connectivity index (χ4v) is 2.92. The van der Waals surface area contributed by atoms with Crippen molar-refractivity contribution in [2.24, 2.45) is 0 Å². The van der Waals surface area contributed by atoms with E-state index in [1.165, 1.54) is 31.2 Å². The lowest BCUT2D eigenvalue weighted by atomic mass is 9.93. The molecule has 104 valence electrons. The highest BCUT2D eigenvalue weighted by molar-refractivity contribution is 5.83. The molecule has 1 unspecified atom stereocenters. The van der Waals surface area contributed by atoms with Crippen molar-refractivity contribution in [2.75, 3.05) is 13.1 Å². The Bertz CT molecular complexity index is 380. The molecule has 2 heteroatoms. The molecule has 0 bridgehead atoms. The van der Waals surface area contributed by atoms with E-state index < -0.39 is 0 Å². The van der Waals surface area contributed by atoms with Crippen LogP contribution in [0.25, 0.3) is 0 Å². The Kier molecular flexibility index (Phi) is 5.44. The summed E-state index contributed by atoms with van der Waals surface area (Å²) in [6, 6.07) is 10.3. The van der Waals surface area contributed by atoms with Crippen LogP contribution < -0.4 is 0 Å². The van der Waals surface area contributed by atoms with Crippen molar-refractivity contribution in [3.8, 4) is 0 Å². The lowest BCUT2D eigenvalue weighted by molar-refractivity contribution is -0.133. The molecule has 19 heavy (non-hydrogen) atoms. The standard InChI is InChI=1S/C17H25NO/c1-2-10-16(15-11-6-5-7-12-15)17(19)18-13-8-3-4-9-14-18/h5-7,11-12,16H,2-4,8-10,13-14H2,1H3. The Labute approximate surface area is 116 Å². The second kappa shape index (κ2) is 7.32. The van der Waals surface area contributed by atoms with E-state index in [0.717, 1.165) is 25.9 Å². The van der Waals surface area contributed by atoms with Crippen LogP contribution in [-0.2, 0) is 4.79 Å². The van der Waals surface area contributed by atoms with Crippen molar-refractivity contribution in [2.45, 2.75) is 51.4 Å². The molecule has 1 amide bonds. The predicted octanol–water partition coefficient (Wildman–Crippen LogP) is 3.97. The van der Waals surface area contributed by atoms with E-state index >= 15 is 0 Å². The number of benzene rings is 1. The summed E-state index contributed by atoms with van der Waals surface area (Å²) in [5.41, 5.74) is 1.18. The van der Waals surface area contributed by atoms with Gasteiger partial charge >= 0.3 is 0 Å². The van der Waals surface area contributed by atoms with Gasteiger partial charge in [-0.2, -0.15) is 0 Å². The van der Waals surface area contributed by atoms with Gasteiger partial charge in [-0.05, 0) is 24.8 Å². The molecule has 2 nitrogen and oxygen atoms in total. The zero-order chi connectivity index (χ0) is 13.5. The van der Waals surface area contributed by atoms with Crippen molar-refractivity contribution in [1.82, 2.24) is 4.90 Å². The van der Waals surface area contributed by atoms with Crippen LogP contribution in [0.2, 0.25) is 0 Å². The number of nitrogens with zero attached hydrogens (tertiary/aromatic N) is 1. The van der Waals surface area contributed by atoms with Crippen molar-refractivity contribution < 1.29 is 4.79 Å². The molecule has 0 radical (unpaired) electrons. The molecule has 1 fully saturated rings. The summed E-state index contributed by atoms with van der Waals surface area (Å²) in [4.78, 5) is 14.9. The second-order valence-corrected chi connectivity index (χ2v) is 5.49. The summed E-state index contributed by atoms with van der Waals surface area (Å²) < 4.78 is 0. The van der Waals surface area contributed by atoms with Crippen LogP contribution in [0.4, 0.5) is 0 Å². The van der Waals surface area contributed by atoms with Crippen molar-refractivity contribution >= 4 is 5.91 Å². The van der Waals surface area contributed by atoms with Gasteiger partial charge in [-0.15, -0.1) is 0 Å². The molecule has 1 heterocycles. The third kappa shape index (κ3) is 3.82. The normalized spacial score (nSPS) is 17.8. The highest BCUT2D eigenvalue weighted by Crippen LogP contribution is 2.25. The Morgan fingerprint density at radius 2 is 1.74 bits per heavy atom. The maximum atomic E-state index is 12.8. The minimum Gasteiger partial charge on any atom is -0.342 e. The van der Waals surface area contributed by atoms with Crippen LogP contribution in [0, 0.1) is 0 Å². The average Bonchev–Trinajstić information content (AvgIpc) is 2.74. The van der Waals surface area contributed by atoms with E-state index in [-0.39, 0.29) is 5.92 Å². The van der Waals surface area contributed by atoms with Crippen molar-refractivity contribution in [1.29, 1.82) is 0 Å². The van der Waals surface area contributed by atoms with Gasteiger partial charge in [-0.3, -0.25) is 4.79 Å². The fraction of sp³-hybridized carbons (Fsp3) is 0.588. The number of amides is 1. The van der Waals surface area contributed by atoms with Crippen LogP contribution in [-0.4, -0.2) is 23.9 Å². The molecule has 1 aromatic rings. The number of hydrogen-bond donors (Lipinski definition) is 0. The zero-order valence-electron chi connectivity index (χ0n) is 12.0. The van der Waals surface area contributed by atoms with E-state index in [1.807, 2.05) is 18.2 Å². The zero-order valence-corrected chi connectivity index (χ0v) is 12.0. The van der Waals surface area contributed by atoms with Crippen LogP contribution in [0.15, 0.2) is 30.3 Å². The Hall–Kier alpha value is -1.31. The lowest BCUT2D eigenvalue weighted by Crippen LogP contribution is -2.35. The molecule has 0 N–H and O–H groups in total. The van der Waals surface area contributed by atoms with Crippen LogP contribution in [0.3, 0.4) is 0 Å². The molecular formula is C17H25NO. The van der Waals surface area contributed by atoms with Gasteiger partial charge in [0.2, 0.25) is 5.91 Å². The fourth-order valence-electron chi connectivity index (χ4n) is 2.92. The largest absolute Gasteiger partial charge is 0.342 e. The smallest absolute Gasteiger partial charge is 0.230 e. The number of hydrogen-bond acceptors (Lipinski definition) is 1. The predicted molar refractivity (Wildman–Crippen MR) is 79.1 cm³/mol. The van der Waals surface area contributed by atoms with Gasteiger partial charge in [0.05, 0.1) is 5.92 Å². The minimum atomic E-state index is 0.0595. The van der Waals surface area contributed by atoms with E-state index in [0.29, 0.717) is 5.91 Å². The van der Waals surface area contributed by atoms with Crippen LogP contribution in [0.1, 0.15) is 56.9 Å². The lowest BCUT2D eigenvalue weighted by Gasteiger charge is -2.26. The summed E-state index contributed by atoms with van der Waals surface area (Å²) in [5.74, 6) is 0.402. The highest BCUT2D eigenvalue weighted by Gasteiger charge is 2.25. The van der Waals surface area contributed by atoms with Crippen molar-refractivity contribution in [3.63, 3.8) is 0 Å². The molecule has 1 saturated heterocycles. The third-order valence-corrected chi connectivity index (χ3v) is 4.00. The SMILES string of the molecule is CCCC(C(=O)N1CCCCCC1)c1ccccc1.